The summed E-state index contributed by atoms with van der Waals surface area (Å²) in [6.45, 7) is 0. The minimum absolute atomic E-state index is 0.373. The maximum Gasteiger partial charge on any atom is 0.0676 e. The van der Waals surface area contributed by atoms with Crippen molar-refractivity contribution in [3.05, 3.63) is 289 Å². The molecule has 0 N–H and O–H groups in total. The maximum absolute atomic E-state index is 2.44. The Balaban J connectivity index is 0.905. The fraction of sp³-hybridized carbons (Fsp3) is 0.0448. The van der Waals surface area contributed by atoms with Gasteiger partial charge in [0.1, 0.15) is 0 Å². The van der Waals surface area contributed by atoms with Crippen LogP contribution in [-0.4, -0.2) is 4.57 Å². The Morgan fingerprint density at radius 2 is 0.928 bits per heavy atom. The Morgan fingerprint density at radius 1 is 0.377 bits per heavy atom. The van der Waals surface area contributed by atoms with Gasteiger partial charge in [0.05, 0.1) is 16.4 Å². The molecule has 2 aliphatic rings. The van der Waals surface area contributed by atoms with E-state index in [1.165, 1.54) is 94.3 Å². The van der Waals surface area contributed by atoms with E-state index in [9.17, 15) is 0 Å². The number of rotatable bonds is 9. The molecule has 0 radical (unpaired) electrons. The van der Waals surface area contributed by atoms with E-state index in [1.807, 2.05) is 0 Å². The van der Waals surface area contributed by atoms with Gasteiger partial charge < -0.3 is 9.47 Å². The third-order valence-corrected chi connectivity index (χ3v) is 14.6. The Morgan fingerprint density at radius 3 is 1.67 bits per heavy atom. The number of para-hydroxylation sites is 2. The molecule has 0 amide bonds. The average Bonchev–Trinajstić information content (AvgIpc) is 3.93. The molecule has 0 saturated carbocycles. The number of allylic oxidation sites excluding steroid dienone is 4. The SMILES string of the molecule is C1=CCCC(C2(c3ccccc3)c3ccccc3-c3cc(N(c4ccc(-c5ccccc5)cc4)c4ccc(-c5cccc(-c6ccc7c(c6)c6ccccc6n7-c6ccccc6)c5)cc4)ccc32)=C1. The van der Waals surface area contributed by atoms with E-state index in [-0.39, 0.29) is 5.41 Å². The van der Waals surface area contributed by atoms with Gasteiger partial charge in [-0.3, -0.25) is 0 Å². The van der Waals surface area contributed by atoms with Crippen molar-refractivity contribution in [2.45, 2.75) is 18.3 Å². The summed E-state index contributed by atoms with van der Waals surface area (Å²) < 4.78 is 2.38. The average molecular weight is 881 g/mol. The highest BCUT2D eigenvalue weighted by Crippen LogP contribution is 2.58. The largest absolute Gasteiger partial charge is 0.310 e. The minimum atomic E-state index is -0.373. The monoisotopic (exact) mass is 880 g/mol. The zero-order chi connectivity index (χ0) is 45.7. The molecule has 2 aliphatic carbocycles. The van der Waals surface area contributed by atoms with Gasteiger partial charge in [-0.2, -0.15) is 0 Å². The molecule has 326 valence electrons. The van der Waals surface area contributed by atoms with Gasteiger partial charge in [-0.05, 0) is 147 Å². The molecule has 0 aliphatic heterocycles. The molecule has 0 fully saturated rings. The molecule has 1 atom stereocenters. The third-order valence-electron chi connectivity index (χ3n) is 14.6. The van der Waals surface area contributed by atoms with Crippen LogP contribution in [0, 0.1) is 0 Å². The molecule has 1 aromatic heterocycles. The number of fused-ring (bicyclic) bond motifs is 6. The van der Waals surface area contributed by atoms with E-state index in [2.05, 4.69) is 276 Å². The van der Waals surface area contributed by atoms with Crippen molar-refractivity contribution in [3.8, 4) is 50.2 Å². The van der Waals surface area contributed by atoms with Gasteiger partial charge in [-0.15, -0.1) is 0 Å². The van der Waals surface area contributed by atoms with E-state index in [0.29, 0.717) is 0 Å². The van der Waals surface area contributed by atoms with Crippen LogP contribution in [0.2, 0.25) is 0 Å². The van der Waals surface area contributed by atoms with Crippen molar-refractivity contribution in [2.24, 2.45) is 0 Å². The van der Waals surface area contributed by atoms with Crippen LogP contribution in [0.4, 0.5) is 17.1 Å². The first-order chi connectivity index (χ1) is 34.2. The summed E-state index contributed by atoms with van der Waals surface area (Å²) >= 11 is 0. The number of anilines is 3. The normalized spacial score (nSPS) is 14.9. The van der Waals surface area contributed by atoms with Crippen molar-refractivity contribution >= 4 is 38.9 Å². The Bertz CT molecular complexity index is 3750. The highest BCUT2D eigenvalue weighted by molar-refractivity contribution is 6.10. The van der Waals surface area contributed by atoms with Crippen molar-refractivity contribution in [1.82, 2.24) is 4.57 Å². The molecule has 0 bridgehead atoms. The predicted molar refractivity (Wildman–Crippen MR) is 290 cm³/mol. The van der Waals surface area contributed by atoms with Crippen molar-refractivity contribution < 1.29 is 0 Å². The molecule has 0 spiro atoms. The molecule has 69 heavy (non-hydrogen) atoms. The second-order valence-electron chi connectivity index (χ2n) is 18.3. The lowest BCUT2D eigenvalue weighted by atomic mass is 9.65. The molecule has 0 saturated heterocycles. The van der Waals surface area contributed by atoms with Gasteiger partial charge in [0.15, 0.2) is 0 Å². The van der Waals surface area contributed by atoms with E-state index in [1.54, 1.807) is 0 Å². The molecular weight excluding hydrogens is 833 g/mol. The van der Waals surface area contributed by atoms with Gasteiger partial charge in [0.2, 0.25) is 0 Å². The molecule has 2 nitrogen and oxygen atoms in total. The van der Waals surface area contributed by atoms with Gasteiger partial charge in [0.25, 0.3) is 0 Å². The number of hydrogen-bond acceptors (Lipinski definition) is 1. The molecule has 10 aromatic carbocycles. The van der Waals surface area contributed by atoms with Crippen LogP contribution in [0.5, 0.6) is 0 Å². The van der Waals surface area contributed by atoms with Gasteiger partial charge >= 0.3 is 0 Å². The molecular formula is C67H48N2. The maximum atomic E-state index is 2.44. The number of aromatic nitrogens is 1. The molecule has 11 aromatic rings. The summed E-state index contributed by atoms with van der Waals surface area (Å²) in [5.41, 5.74) is 21.7. The van der Waals surface area contributed by atoms with Crippen LogP contribution in [0.25, 0.3) is 72.0 Å². The lowest BCUT2D eigenvalue weighted by Gasteiger charge is -2.37. The minimum Gasteiger partial charge on any atom is -0.310 e. The Kier molecular flexibility index (Phi) is 9.91. The molecule has 1 unspecified atom stereocenters. The van der Waals surface area contributed by atoms with E-state index >= 15 is 0 Å². The fourth-order valence-electron chi connectivity index (χ4n) is 11.4. The van der Waals surface area contributed by atoms with Gasteiger partial charge in [-0.25, -0.2) is 0 Å². The molecule has 13 rings (SSSR count). The second kappa shape index (κ2) is 16.9. The van der Waals surface area contributed by atoms with Crippen LogP contribution in [-0.2, 0) is 5.41 Å². The van der Waals surface area contributed by atoms with Crippen LogP contribution in [0.3, 0.4) is 0 Å². The van der Waals surface area contributed by atoms with E-state index in [4.69, 9.17) is 0 Å². The smallest absolute Gasteiger partial charge is 0.0676 e. The topological polar surface area (TPSA) is 8.17 Å². The summed E-state index contributed by atoms with van der Waals surface area (Å²) in [6, 6.07) is 91.6. The van der Waals surface area contributed by atoms with Crippen LogP contribution >= 0.6 is 0 Å². The second-order valence-corrected chi connectivity index (χ2v) is 18.3. The quantitative estimate of drug-likeness (QED) is 0.140. The lowest BCUT2D eigenvalue weighted by Crippen LogP contribution is -2.30. The zero-order valence-electron chi connectivity index (χ0n) is 38.2. The third kappa shape index (κ3) is 6.79. The summed E-state index contributed by atoms with van der Waals surface area (Å²) in [4.78, 5) is 2.42. The number of hydrogen-bond donors (Lipinski definition) is 0. The standard InChI is InChI=1S/C67H48N2/c1-5-18-47(19-6-1)48-32-37-56(38-33-48)68(58-41-42-64-61(46-58)59-28-13-15-30-63(59)67(64,53-22-7-2-8-23-53)54-24-9-3-10-25-54)57-39-34-49(35-40-57)50-20-17-21-51(44-50)52-36-43-66-62(45-52)60-29-14-16-31-65(60)69(66)55-26-11-4-12-27-55/h1-9,11-24,26-46H,10,25H2. The van der Waals surface area contributed by atoms with Crippen LogP contribution in [0.15, 0.2) is 273 Å². The fourth-order valence-corrected chi connectivity index (χ4v) is 11.4. The predicted octanol–water partition coefficient (Wildman–Crippen LogP) is 17.8. The molecule has 1 heterocycles. The lowest BCUT2D eigenvalue weighted by molar-refractivity contribution is 0.693. The summed E-state index contributed by atoms with van der Waals surface area (Å²) in [5, 5.41) is 2.51. The van der Waals surface area contributed by atoms with Crippen molar-refractivity contribution in [1.29, 1.82) is 0 Å². The van der Waals surface area contributed by atoms with Crippen LogP contribution in [0.1, 0.15) is 29.5 Å². The first kappa shape index (κ1) is 40.5. The van der Waals surface area contributed by atoms with Crippen molar-refractivity contribution in [2.75, 3.05) is 4.90 Å². The van der Waals surface area contributed by atoms with E-state index < -0.39 is 0 Å². The molecule has 2 heteroatoms. The first-order valence-electron chi connectivity index (χ1n) is 24.1. The van der Waals surface area contributed by atoms with Crippen molar-refractivity contribution in [3.63, 3.8) is 0 Å². The zero-order valence-corrected chi connectivity index (χ0v) is 38.2. The van der Waals surface area contributed by atoms with Gasteiger partial charge in [-0.1, -0.05) is 200 Å². The Labute approximate surface area is 404 Å². The highest BCUT2D eigenvalue weighted by Gasteiger charge is 2.47. The van der Waals surface area contributed by atoms with Crippen LogP contribution < -0.4 is 4.90 Å². The highest BCUT2D eigenvalue weighted by atomic mass is 15.1. The number of nitrogens with zero attached hydrogens (tertiary/aromatic N) is 2. The summed E-state index contributed by atoms with van der Waals surface area (Å²) in [7, 11) is 0. The number of benzene rings is 10. The van der Waals surface area contributed by atoms with Gasteiger partial charge in [0, 0.05) is 33.5 Å². The Hall–Kier alpha value is -8.72. The van der Waals surface area contributed by atoms with E-state index in [0.717, 1.165) is 29.9 Å². The summed E-state index contributed by atoms with van der Waals surface area (Å²) in [6.07, 6.45) is 8.98. The summed E-state index contributed by atoms with van der Waals surface area (Å²) in [5.74, 6) is 0. The first-order valence-corrected chi connectivity index (χ1v) is 24.1.